The second-order valence-electron chi connectivity index (χ2n) is 4.14. The molecule has 0 aliphatic carbocycles. The number of hydrogen-bond acceptors (Lipinski definition) is 2. The van der Waals surface area contributed by atoms with Crippen molar-refractivity contribution in [3.05, 3.63) is 60.8 Å². The van der Waals surface area contributed by atoms with E-state index in [1.165, 1.54) is 5.56 Å². The van der Waals surface area contributed by atoms with Crippen LogP contribution in [0.15, 0.2) is 60.8 Å². The molecule has 1 aromatic heterocycles. The molecule has 0 aliphatic heterocycles. The molecule has 0 spiro atoms. The Balaban J connectivity index is 2.13. The van der Waals surface area contributed by atoms with Crippen LogP contribution in [0, 0.1) is 0 Å². The summed E-state index contributed by atoms with van der Waals surface area (Å²) in [6.07, 6.45) is 1.81. The molecule has 2 aromatic carbocycles. The Bertz CT molecular complexity index is 691. The first-order valence-corrected chi connectivity index (χ1v) is 5.86. The number of ether oxygens (including phenoxy) is 1. The molecule has 0 radical (unpaired) electrons. The zero-order valence-corrected chi connectivity index (χ0v) is 10.1. The Morgan fingerprint density at radius 2 is 1.78 bits per heavy atom. The van der Waals surface area contributed by atoms with Gasteiger partial charge in [0.15, 0.2) is 0 Å². The van der Waals surface area contributed by atoms with Crippen molar-refractivity contribution in [2.75, 3.05) is 7.11 Å². The quantitative estimate of drug-likeness (QED) is 0.671. The van der Waals surface area contributed by atoms with Gasteiger partial charge in [0.05, 0.1) is 12.6 Å². The molecule has 0 unspecified atom stereocenters. The lowest BCUT2D eigenvalue weighted by atomic mass is 10.0. The standard InChI is InChI=1S/C16H13NO/c1-18-15-6-2-4-12(11-15)13-7-8-16-14(10-13)5-3-9-17-16/h2-11H,1H3. The smallest absolute Gasteiger partial charge is 0.119 e. The third-order valence-electron chi connectivity index (χ3n) is 3.01. The van der Waals surface area contributed by atoms with Crippen LogP contribution in [0.1, 0.15) is 0 Å². The third-order valence-corrected chi connectivity index (χ3v) is 3.01. The molecule has 0 atom stereocenters. The van der Waals surface area contributed by atoms with Crippen LogP contribution in [0.25, 0.3) is 22.0 Å². The molecule has 2 nitrogen and oxygen atoms in total. The predicted octanol–water partition coefficient (Wildman–Crippen LogP) is 3.91. The van der Waals surface area contributed by atoms with Crippen LogP contribution in [0.3, 0.4) is 0 Å². The monoisotopic (exact) mass is 235 g/mol. The zero-order chi connectivity index (χ0) is 12.4. The maximum atomic E-state index is 5.25. The van der Waals surface area contributed by atoms with Crippen LogP contribution in [-0.2, 0) is 0 Å². The highest BCUT2D eigenvalue weighted by Gasteiger charge is 2.01. The largest absolute Gasteiger partial charge is 0.497 e. The lowest BCUT2D eigenvalue weighted by molar-refractivity contribution is 0.415. The molecule has 0 bridgehead atoms. The van der Waals surface area contributed by atoms with Crippen LogP contribution in [0.2, 0.25) is 0 Å². The van der Waals surface area contributed by atoms with Gasteiger partial charge in [-0.1, -0.05) is 24.3 Å². The predicted molar refractivity (Wildman–Crippen MR) is 73.7 cm³/mol. The van der Waals surface area contributed by atoms with Crippen LogP contribution in [0.5, 0.6) is 5.75 Å². The van der Waals surface area contributed by atoms with Crippen LogP contribution >= 0.6 is 0 Å². The first kappa shape index (κ1) is 10.8. The van der Waals surface area contributed by atoms with E-state index in [1.807, 2.05) is 36.5 Å². The second kappa shape index (κ2) is 4.49. The fourth-order valence-electron chi connectivity index (χ4n) is 2.06. The number of aromatic nitrogens is 1. The molecule has 0 saturated heterocycles. The molecule has 3 aromatic rings. The summed E-state index contributed by atoms with van der Waals surface area (Å²) in [5.41, 5.74) is 3.35. The van der Waals surface area contributed by atoms with Gasteiger partial charge in [-0.05, 0) is 41.5 Å². The van der Waals surface area contributed by atoms with Gasteiger partial charge in [0.2, 0.25) is 0 Å². The van der Waals surface area contributed by atoms with E-state index in [0.29, 0.717) is 0 Å². The van der Waals surface area contributed by atoms with Crippen molar-refractivity contribution in [2.24, 2.45) is 0 Å². The van der Waals surface area contributed by atoms with Crippen molar-refractivity contribution < 1.29 is 4.74 Å². The van der Waals surface area contributed by atoms with Gasteiger partial charge >= 0.3 is 0 Å². The highest BCUT2D eigenvalue weighted by atomic mass is 16.5. The maximum Gasteiger partial charge on any atom is 0.119 e. The zero-order valence-electron chi connectivity index (χ0n) is 10.1. The lowest BCUT2D eigenvalue weighted by Crippen LogP contribution is -1.84. The van der Waals surface area contributed by atoms with E-state index in [-0.39, 0.29) is 0 Å². The minimum absolute atomic E-state index is 0.874. The molecule has 88 valence electrons. The van der Waals surface area contributed by atoms with Crippen molar-refractivity contribution >= 4 is 10.9 Å². The average molecular weight is 235 g/mol. The first-order valence-electron chi connectivity index (χ1n) is 5.86. The summed E-state index contributed by atoms with van der Waals surface area (Å²) in [5, 5.41) is 1.15. The van der Waals surface area contributed by atoms with E-state index in [4.69, 9.17) is 4.74 Å². The second-order valence-corrected chi connectivity index (χ2v) is 4.14. The Labute approximate surface area is 106 Å². The summed E-state index contributed by atoms with van der Waals surface area (Å²) in [6, 6.07) is 18.4. The summed E-state index contributed by atoms with van der Waals surface area (Å²) in [5.74, 6) is 0.874. The molecule has 18 heavy (non-hydrogen) atoms. The van der Waals surface area contributed by atoms with Gasteiger partial charge in [0, 0.05) is 11.6 Å². The van der Waals surface area contributed by atoms with Gasteiger partial charge in [-0.25, -0.2) is 0 Å². The van der Waals surface area contributed by atoms with Gasteiger partial charge < -0.3 is 4.74 Å². The summed E-state index contributed by atoms with van der Waals surface area (Å²) in [6.45, 7) is 0. The van der Waals surface area contributed by atoms with Crippen LogP contribution in [-0.4, -0.2) is 12.1 Å². The van der Waals surface area contributed by atoms with Crippen molar-refractivity contribution in [1.29, 1.82) is 0 Å². The van der Waals surface area contributed by atoms with Gasteiger partial charge in [-0.15, -0.1) is 0 Å². The van der Waals surface area contributed by atoms with E-state index in [0.717, 1.165) is 22.2 Å². The molecule has 0 saturated carbocycles. The Morgan fingerprint density at radius 3 is 2.67 bits per heavy atom. The summed E-state index contributed by atoms with van der Waals surface area (Å²) in [7, 11) is 1.68. The van der Waals surface area contributed by atoms with Crippen LogP contribution < -0.4 is 4.74 Å². The fourth-order valence-corrected chi connectivity index (χ4v) is 2.06. The topological polar surface area (TPSA) is 22.1 Å². The molecule has 0 aliphatic rings. The minimum Gasteiger partial charge on any atom is -0.497 e. The Hall–Kier alpha value is -2.35. The molecular formula is C16H13NO. The number of fused-ring (bicyclic) bond motifs is 1. The normalized spacial score (nSPS) is 10.5. The van der Waals surface area contributed by atoms with E-state index >= 15 is 0 Å². The summed E-state index contributed by atoms with van der Waals surface area (Å²) in [4.78, 5) is 4.33. The van der Waals surface area contributed by atoms with Crippen LogP contribution in [0.4, 0.5) is 0 Å². The first-order chi connectivity index (χ1) is 8.86. The number of pyridine rings is 1. The molecule has 0 N–H and O–H groups in total. The van der Waals surface area contributed by atoms with Crippen molar-refractivity contribution in [1.82, 2.24) is 4.98 Å². The van der Waals surface area contributed by atoms with Gasteiger partial charge in [0.25, 0.3) is 0 Å². The summed E-state index contributed by atoms with van der Waals surface area (Å²) < 4.78 is 5.25. The molecule has 0 amide bonds. The van der Waals surface area contributed by atoms with Crippen molar-refractivity contribution in [3.8, 4) is 16.9 Å². The lowest BCUT2D eigenvalue weighted by Gasteiger charge is -2.06. The molecule has 2 heteroatoms. The molecule has 1 heterocycles. The van der Waals surface area contributed by atoms with Crippen molar-refractivity contribution in [3.63, 3.8) is 0 Å². The number of methoxy groups -OCH3 is 1. The molecule has 0 fully saturated rings. The van der Waals surface area contributed by atoms with Gasteiger partial charge in [-0.3, -0.25) is 4.98 Å². The van der Waals surface area contributed by atoms with E-state index < -0.39 is 0 Å². The summed E-state index contributed by atoms with van der Waals surface area (Å²) >= 11 is 0. The van der Waals surface area contributed by atoms with E-state index in [2.05, 4.69) is 29.2 Å². The molecule has 3 rings (SSSR count). The SMILES string of the molecule is COc1cccc(-c2ccc3ncccc3c2)c1. The Kier molecular flexibility index (Phi) is 2.69. The van der Waals surface area contributed by atoms with Gasteiger partial charge in [0.1, 0.15) is 5.75 Å². The van der Waals surface area contributed by atoms with Crippen molar-refractivity contribution in [2.45, 2.75) is 0 Å². The minimum atomic E-state index is 0.874. The highest BCUT2D eigenvalue weighted by Crippen LogP contribution is 2.26. The van der Waals surface area contributed by atoms with E-state index in [9.17, 15) is 0 Å². The Morgan fingerprint density at radius 1 is 0.889 bits per heavy atom. The molecular weight excluding hydrogens is 222 g/mol. The van der Waals surface area contributed by atoms with E-state index in [1.54, 1.807) is 7.11 Å². The third kappa shape index (κ3) is 1.93. The fraction of sp³-hybridized carbons (Fsp3) is 0.0625. The highest BCUT2D eigenvalue weighted by molar-refractivity contribution is 5.84. The maximum absolute atomic E-state index is 5.25. The van der Waals surface area contributed by atoms with Gasteiger partial charge in [-0.2, -0.15) is 0 Å². The average Bonchev–Trinajstić information content (AvgIpc) is 2.47. The number of nitrogens with zero attached hydrogens (tertiary/aromatic N) is 1. The number of rotatable bonds is 2. The number of hydrogen-bond donors (Lipinski definition) is 0. The number of benzene rings is 2.